The standard InChI is InChI=1S/C17H19F6NO2/c1-10(24-7-5-11(6-8-24)15(25)26-2)13-9-12(16(18,19)20)3-4-14(13)17(21,22)23/h3-4,9-11H,5-8H2,1-2H3. The Labute approximate surface area is 146 Å². The number of esters is 1. The number of piperidine rings is 1. The molecule has 146 valence electrons. The van der Waals surface area contributed by atoms with Gasteiger partial charge in [-0.1, -0.05) is 0 Å². The molecule has 0 aromatic heterocycles. The third-order valence-corrected chi connectivity index (χ3v) is 4.75. The molecule has 0 spiro atoms. The lowest BCUT2D eigenvalue weighted by molar-refractivity contribution is -0.147. The number of benzene rings is 1. The highest BCUT2D eigenvalue weighted by atomic mass is 19.4. The van der Waals surface area contributed by atoms with Crippen molar-refractivity contribution < 1.29 is 35.9 Å². The lowest BCUT2D eigenvalue weighted by Gasteiger charge is -2.36. The molecule has 1 heterocycles. The zero-order valence-corrected chi connectivity index (χ0v) is 14.2. The number of alkyl halides is 6. The monoisotopic (exact) mass is 383 g/mol. The van der Waals surface area contributed by atoms with Crippen LogP contribution < -0.4 is 0 Å². The van der Waals surface area contributed by atoms with Crippen LogP contribution in [0.4, 0.5) is 26.3 Å². The fraction of sp³-hybridized carbons (Fsp3) is 0.588. The molecular weight excluding hydrogens is 364 g/mol. The van der Waals surface area contributed by atoms with Crippen molar-refractivity contribution in [3.63, 3.8) is 0 Å². The molecule has 26 heavy (non-hydrogen) atoms. The summed E-state index contributed by atoms with van der Waals surface area (Å²) in [5.74, 6) is -0.723. The van der Waals surface area contributed by atoms with Crippen LogP contribution in [-0.2, 0) is 21.9 Å². The number of hydrogen-bond acceptors (Lipinski definition) is 3. The van der Waals surface area contributed by atoms with Gasteiger partial charge in [0, 0.05) is 6.04 Å². The van der Waals surface area contributed by atoms with E-state index in [1.807, 2.05) is 0 Å². The molecule has 2 rings (SSSR count). The quantitative estimate of drug-likeness (QED) is 0.561. The van der Waals surface area contributed by atoms with E-state index in [4.69, 9.17) is 0 Å². The first-order chi connectivity index (χ1) is 11.9. The Morgan fingerprint density at radius 3 is 2.15 bits per heavy atom. The molecule has 3 nitrogen and oxygen atoms in total. The predicted molar refractivity (Wildman–Crippen MR) is 81.2 cm³/mol. The summed E-state index contributed by atoms with van der Waals surface area (Å²) in [6, 6.07) is 0.630. The van der Waals surface area contributed by atoms with E-state index in [9.17, 15) is 31.1 Å². The fourth-order valence-electron chi connectivity index (χ4n) is 3.23. The third-order valence-electron chi connectivity index (χ3n) is 4.75. The molecule has 1 aliphatic heterocycles. The van der Waals surface area contributed by atoms with E-state index in [1.165, 1.54) is 14.0 Å². The number of hydrogen-bond donors (Lipinski definition) is 0. The minimum atomic E-state index is -4.75. The van der Waals surface area contributed by atoms with Crippen LogP contribution in [0.3, 0.4) is 0 Å². The van der Waals surface area contributed by atoms with Crippen LogP contribution in [0.2, 0.25) is 0 Å². The lowest BCUT2D eigenvalue weighted by atomic mass is 9.92. The summed E-state index contributed by atoms with van der Waals surface area (Å²) < 4.78 is 83.2. The smallest absolute Gasteiger partial charge is 0.416 e. The first-order valence-electron chi connectivity index (χ1n) is 8.05. The van der Waals surface area contributed by atoms with Crippen molar-refractivity contribution in [1.82, 2.24) is 4.90 Å². The predicted octanol–water partition coefficient (Wildman–Crippen LogP) is 4.67. The molecule has 0 bridgehead atoms. The van der Waals surface area contributed by atoms with Crippen LogP contribution in [0, 0.1) is 5.92 Å². The summed E-state index contributed by atoms with van der Waals surface area (Å²) in [6.45, 7) is 2.05. The molecular formula is C17H19F6NO2. The number of likely N-dealkylation sites (tertiary alicyclic amines) is 1. The number of methoxy groups -OCH3 is 1. The number of ether oxygens (including phenoxy) is 1. The largest absolute Gasteiger partial charge is 0.469 e. The van der Waals surface area contributed by atoms with E-state index in [0.29, 0.717) is 44.1 Å². The molecule has 1 aromatic carbocycles. The second-order valence-corrected chi connectivity index (χ2v) is 6.31. The molecule has 1 unspecified atom stereocenters. The van der Waals surface area contributed by atoms with Crippen LogP contribution in [0.5, 0.6) is 0 Å². The van der Waals surface area contributed by atoms with Gasteiger partial charge >= 0.3 is 18.3 Å². The van der Waals surface area contributed by atoms with Gasteiger partial charge in [0.15, 0.2) is 0 Å². The molecule has 0 radical (unpaired) electrons. The highest BCUT2D eigenvalue weighted by Crippen LogP contribution is 2.40. The van der Waals surface area contributed by atoms with Crippen LogP contribution in [-0.4, -0.2) is 31.1 Å². The zero-order valence-electron chi connectivity index (χ0n) is 14.2. The summed E-state index contributed by atoms with van der Waals surface area (Å²) in [4.78, 5) is 13.2. The number of rotatable bonds is 3. The Morgan fingerprint density at radius 1 is 1.12 bits per heavy atom. The van der Waals surface area contributed by atoms with E-state index in [0.717, 1.165) is 0 Å². The average Bonchev–Trinajstić information content (AvgIpc) is 2.58. The topological polar surface area (TPSA) is 29.5 Å². The molecule has 0 saturated carbocycles. The van der Waals surface area contributed by atoms with E-state index in [1.54, 1.807) is 4.90 Å². The van der Waals surface area contributed by atoms with Crippen molar-refractivity contribution in [2.75, 3.05) is 20.2 Å². The van der Waals surface area contributed by atoms with Gasteiger partial charge in [-0.2, -0.15) is 26.3 Å². The maximum Gasteiger partial charge on any atom is 0.416 e. The van der Waals surface area contributed by atoms with Crippen molar-refractivity contribution in [2.45, 2.75) is 38.2 Å². The van der Waals surface area contributed by atoms with E-state index >= 15 is 0 Å². The first-order valence-corrected chi connectivity index (χ1v) is 8.05. The van der Waals surface area contributed by atoms with Gasteiger partial charge in [-0.05, 0) is 56.6 Å². The van der Waals surface area contributed by atoms with Gasteiger partial charge in [-0.15, -0.1) is 0 Å². The Hall–Kier alpha value is -1.77. The molecule has 0 aliphatic carbocycles. The van der Waals surface area contributed by atoms with Gasteiger partial charge in [0.25, 0.3) is 0 Å². The SMILES string of the molecule is COC(=O)C1CCN(C(C)c2cc(C(F)(F)F)ccc2C(F)(F)F)CC1. The Kier molecular flexibility index (Phi) is 5.89. The van der Waals surface area contributed by atoms with Crippen LogP contribution in [0.15, 0.2) is 18.2 Å². The number of carbonyl (C=O) groups excluding carboxylic acids is 1. The third kappa shape index (κ3) is 4.49. The van der Waals surface area contributed by atoms with Crippen molar-refractivity contribution in [1.29, 1.82) is 0 Å². The average molecular weight is 383 g/mol. The van der Waals surface area contributed by atoms with Gasteiger partial charge in [0.05, 0.1) is 24.2 Å². The maximum absolute atomic E-state index is 13.3. The van der Waals surface area contributed by atoms with E-state index in [2.05, 4.69) is 4.74 Å². The summed E-state index contributed by atoms with van der Waals surface area (Å²) in [5, 5.41) is 0. The molecule has 1 saturated heterocycles. The maximum atomic E-state index is 13.3. The summed E-state index contributed by atoms with van der Waals surface area (Å²) in [6.07, 6.45) is -8.71. The fourth-order valence-corrected chi connectivity index (χ4v) is 3.23. The minimum Gasteiger partial charge on any atom is -0.469 e. The van der Waals surface area contributed by atoms with Crippen molar-refractivity contribution >= 4 is 5.97 Å². The summed E-state index contributed by atoms with van der Waals surface area (Å²) in [7, 11) is 1.26. The van der Waals surface area contributed by atoms with Gasteiger partial charge in [-0.3, -0.25) is 9.69 Å². The van der Waals surface area contributed by atoms with E-state index in [-0.39, 0.29) is 11.9 Å². The number of nitrogens with zero attached hydrogens (tertiary/aromatic N) is 1. The Balaban J connectivity index is 2.29. The van der Waals surface area contributed by atoms with Crippen LogP contribution >= 0.6 is 0 Å². The zero-order chi connectivity index (χ0) is 19.7. The van der Waals surface area contributed by atoms with Crippen molar-refractivity contribution in [3.8, 4) is 0 Å². The molecule has 0 amide bonds. The molecule has 1 aromatic rings. The van der Waals surface area contributed by atoms with Gasteiger partial charge in [-0.25, -0.2) is 0 Å². The van der Waals surface area contributed by atoms with Gasteiger partial charge in [0.2, 0.25) is 0 Å². The molecule has 1 atom stereocenters. The lowest BCUT2D eigenvalue weighted by Crippen LogP contribution is -2.38. The normalized spacial score (nSPS) is 18.6. The highest BCUT2D eigenvalue weighted by Gasteiger charge is 2.39. The number of halogens is 6. The Morgan fingerprint density at radius 2 is 1.69 bits per heavy atom. The number of carbonyl (C=O) groups is 1. The molecule has 0 N–H and O–H groups in total. The summed E-state index contributed by atoms with van der Waals surface area (Å²) in [5.41, 5.74) is -2.60. The summed E-state index contributed by atoms with van der Waals surface area (Å²) >= 11 is 0. The highest BCUT2D eigenvalue weighted by molar-refractivity contribution is 5.72. The second-order valence-electron chi connectivity index (χ2n) is 6.31. The Bertz CT molecular complexity index is 648. The van der Waals surface area contributed by atoms with Gasteiger partial charge < -0.3 is 4.74 Å². The molecule has 9 heteroatoms. The molecule has 1 fully saturated rings. The van der Waals surface area contributed by atoms with Crippen LogP contribution in [0.1, 0.15) is 42.5 Å². The van der Waals surface area contributed by atoms with Crippen LogP contribution in [0.25, 0.3) is 0 Å². The van der Waals surface area contributed by atoms with Crippen molar-refractivity contribution in [2.24, 2.45) is 5.92 Å². The van der Waals surface area contributed by atoms with Crippen molar-refractivity contribution in [3.05, 3.63) is 34.9 Å². The minimum absolute atomic E-state index is 0.300. The van der Waals surface area contributed by atoms with Gasteiger partial charge in [0.1, 0.15) is 0 Å². The molecule has 1 aliphatic rings. The van der Waals surface area contributed by atoms with E-state index < -0.39 is 35.1 Å². The first kappa shape index (κ1) is 20.5. The second kappa shape index (κ2) is 7.46.